The van der Waals surface area contributed by atoms with Crippen molar-refractivity contribution in [2.75, 3.05) is 19.8 Å². The molecule has 26 heavy (non-hydrogen) atoms. The summed E-state index contributed by atoms with van der Waals surface area (Å²) in [5, 5.41) is 9.21. The number of ether oxygens (including phenoxy) is 2. The van der Waals surface area contributed by atoms with Gasteiger partial charge in [0.15, 0.2) is 0 Å². The van der Waals surface area contributed by atoms with E-state index >= 15 is 0 Å². The van der Waals surface area contributed by atoms with Gasteiger partial charge in [-0.05, 0) is 51.0 Å². The number of nitrogens with one attached hydrogen (secondary N) is 1. The molecule has 140 valence electrons. The summed E-state index contributed by atoms with van der Waals surface area (Å²) in [6, 6.07) is 8.26. The molecule has 0 amide bonds. The third-order valence-corrected chi connectivity index (χ3v) is 5.89. The standard InChI is InChI=1S/C20H26ClN3O2/c1-14-19(15(2)24(23-14)18-5-3-16(21)4-6-18)12-22-17-7-9-26-20(11-17)8-10-25-13-20/h3-6,17,22H,7-13H2,1-2H3/t17-,20+/m0/s1. The average Bonchev–Trinajstić information content (AvgIpc) is 3.19. The summed E-state index contributed by atoms with van der Waals surface area (Å²) in [4.78, 5) is 0. The van der Waals surface area contributed by atoms with Gasteiger partial charge in [-0.3, -0.25) is 0 Å². The Morgan fingerprint density at radius 1 is 1.27 bits per heavy atom. The van der Waals surface area contributed by atoms with E-state index in [1.54, 1.807) is 0 Å². The Balaban J connectivity index is 1.46. The smallest absolute Gasteiger partial charge is 0.0951 e. The lowest BCUT2D eigenvalue weighted by molar-refractivity contribution is -0.0894. The number of nitrogens with zero attached hydrogens (tertiary/aromatic N) is 2. The van der Waals surface area contributed by atoms with E-state index in [-0.39, 0.29) is 5.60 Å². The molecule has 0 saturated carbocycles. The SMILES string of the molecule is Cc1nn(-c2ccc(Cl)cc2)c(C)c1CN[C@H]1CCO[C@]2(CCOC2)C1. The van der Waals surface area contributed by atoms with E-state index < -0.39 is 0 Å². The summed E-state index contributed by atoms with van der Waals surface area (Å²) in [5.74, 6) is 0. The van der Waals surface area contributed by atoms with Crippen LogP contribution in [0, 0.1) is 13.8 Å². The quantitative estimate of drug-likeness (QED) is 0.887. The second kappa shape index (κ2) is 7.31. The normalized spacial score (nSPS) is 25.9. The van der Waals surface area contributed by atoms with E-state index in [1.165, 1.54) is 11.3 Å². The first-order valence-electron chi connectivity index (χ1n) is 9.32. The molecule has 2 saturated heterocycles. The molecule has 0 aliphatic carbocycles. The fraction of sp³-hybridized carbons (Fsp3) is 0.550. The maximum absolute atomic E-state index is 6.04. The van der Waals surface area contributed by atoms with Gasteiger partial charge in [0.25, 0.3) is 0 Å². The molecule has 2 aliphatic rings. The van der Waals surface area contributed by atoms with Crippen LogP contribution in [0.5, 0.6) is 0 Å². The summed E-state index contributed by atoms with van der Waals surface area (Å²) >= 11 is 6.00. The van der Waals surface area contributed by atoms with Gasteiger partial charge in [0.2, 0.25) is 0 Å². The summed E-state index contributed by atoms with van der Waals surface area (Å²) in [7, 11) is 0. The minimum Gasteiger partial charge on any atom is -0.378 e. The summed E-state index contributed by atoms with van der Waals surface area (Å²) in [5.41, 5.74) is 4.48. The first-order chi connectivity index (χ1) is 12.6. The number of benzene rings is 1. The summed E-state index contributed by atoms with van der Waals surface area (Å²) in [6.07, 6.45) is 3.08. The lowest BCUT2D eigenvalue weighted by Crippen LogP contribution is -2.47. The number of aromatic nitrogens is 2. The predicted molar refractivity (Wildman–Crippen MR) is 102 cm³/mol. The minimum atomic E-state index is -0.0620. The highest BCUT2D eigenvalue weighted by atomic mass is 35.5. The van der Waals surface area contributed by atoms with Gasteiger partial charge >= 0.3 is 0 Å². The highest BCUT2D eigenvalue weighted by molar-refractivity contribution is 6.30. The maximum Gasteiger partial charge on any atom is 0.0951 e. The fourth-order valence-electron chi connectivity index (χ4n) is 4.08. The monoisotopic (exact) mass is 375 g/mol. The molecule has 5 nitrogen and oxygen atoms in total. The average molecular weight is 376 g/mol. The fourth-order valence-corrected chi connectivity index (χ4v) is 4.20. The molecule has 6 heteroatoms. The zero-order valence-electron chi connectivity index (χ0n) is 15.4. The van der Waals surface area contributed by atoms with Gasteiger partial charge in [-0.25, -0.2) is 4.68 Å². The molecule has 0 bridgehead atoms. The Kier molecular flexibility index (Phi) is 5.06. The Bertz CT molecular complexity index is 766. The maximum atomic E-state index is 6.04. The molecule has 1 aromatic carbocycles. The molecule has 2 aliphatic heterocycles. The minimum absolute atomic E-state index is 0.0620. The first kappa shape index (κ1) is 18.0. The van der Waals surface area contributed by atoms with Crippen LogP contribution in [0.3, 0.4) is 0 Å². The van der Waals surface area contributed by atoms with Crippen molar-refractivity contribution in [3.63, 3.8) is 0 Å². The number of hydrogen-bond acceptors (Lipinski definition) is 4. The Morgan fingerprint density at radius 2 is 2.08 bits per heavy atom. The predicted octanol–water partition coefficient (Wildman–Crippen LogP) is 3.57. The Hall–Kier alpha value is -1.40. The van der Waals surface area contributed by atoms with E-state index in [9.17, 15) is 0 Å². The van der Waals surface area contributed by atoms with Crippen molar-refractivity contribution in [1.29, 1.82) is 0 Å². The van der Waals surface area contributed by atoms with Crippen LogP contribution in [-0.4, -0.2) is 41.2 Å². The highest BCUT2D eigenvalue weighted by Gasteiger charge is 2.40. The zero-order valence-corrected chi connectivity index (χ0v) is 16.2. The first-order valence-corrected chi connectivity index (χ1v) is 9.70. The van der Waals surface area contributed by atoms with Crippen LogP contribution >= 0.6 is 11.6 Å². The molecule has 1 spiro atoms. The topological polar surface area (TPSA) is 48.3 Å². The van der Waals surface area contributed by atoms with Gasteiger partial charge in [-0.1, -0.05) is 11.6 Å². The number of halogens is 1. The zero-order chi connectivity index (χ0) is 18.1. The van der Waals surface area contributed by atoms with Gasteiger partial charge in [0.05, 0.1) is 23.6 Å². The van der Waals surface area contributed by atoms with Crippen LogP contribution in [0.4, 0.5) is 0 Å². The molecule has 0 unspecified atom stereocenters. The lowest BCUT2D eigenvalue weighted by atomic mass is 9.89. The molecule has 0 radical (unpaired) electrons. The largest absolute Gasteiger partial charge is 0.378 e. The van der Waals surface area contributed by atoms with Gasteiger partial charge in [0.1, 0.15) is 0 Å². The second-order valence-electron chi connectivity index (χ2n) is 7.44. The molecule has 4 rings (SSSR count). The van der Waals surface area contributed by atoms with Crippen molar-refractivity contribution in [2.45, 2.75) is 51.3 Å². The highest BCUT2D eigenvalue weighted by Crippen LogP contribution is 2.33. The third-order valence-electron chi connectivity index (χ3n) is 5.64. The van der Waals surface area contributed by atoms with Crippen LogP contribution in [0.2, 0.25) is 5.02 Å². The van der Waals surface area contributed by atoms with Crippen LogP contribution < -0.4 is 5.32 Å². The van der Waals surface area contributed by atoms with Crippen molar-refractivity contribution in [3.8, 4) is 5.69 Å². The Labute approximate surface area is 159 Å². The van der Waals surface area contributed by atoms with E-state index in [0.717, 1.165) is 62.0 Å². The van der Waals surface area contributed by atoms with Gasteiger partial charge < -0.3 is 14.8 Å². The number of hydrogen-bond donors (Lipinski definition) is 1. The van der Waals surface area contributed by atoms with Gasteiger partial charge in [0, 0.05) is 48.5 Å². The number of aryl methyl sites for hydroxylation is 1. The van der Waals surface area contributed by atoms with Gasteiger partial charge in [-0.15, -0.1) is 0 Å². The van der Waals surface area contributed by atoms with Gasteiger partial charge in [-0.2, -0.15) is 5.10 Å². The number of rotatable bonds is 4. The molecule has 2 atom stereocenters. The molecule has 2 fully saturated rings. The van der Waals surface area contributed by atoms with Crippen molar-refractivity contribution in [1.82, 2.24) is 15.1 Å². The van der Waals surface area contributed by atoms with Crippen molar-refractivity contribution in [3.05, 3.63) is 46.2 Å². The van der Waals surface area contributed by atoms with E-state index in [4.69, 9.17) is 26.2 Å². The van der Waals surface area contributed by atoms with Crippen LogP contribution in [0.15, 0.2) is 24.3 Å². The van der Waals surface area contributed by atoms with E-state index in [2.05, 4.69) is 19.2 Å². The van der Waals surface area contributed by atoms with E-state index in [1.807, 2.05) is 28.9 Å². The molecular weight excluding hydrogens is 350 g/mol. The van der Waals surface area contributed by atoms with Crippen LogP contribution in [0.25, 0.3) is 5.69 Å². The summed E-state index contributed by atoms with van der Waals surface area (Å²) < 4.78 is 13.6. The second-order valence-corrected chi connectivity index (χ2v) is 7.88. The molecule has 1 aromatic heterocycles. The molecule has 2 aromatic rings. The van der Waals surface area contributed by atoms with Crippen LogP contribution in [-0.2, 0) is 16.0 Å². The molecule has 1 N–H and O–H groups in total. The van der Waals surface area contributed by atoms with E-state index in [0.29, 0.717) is 6.04 Å². The third kappa shape index (κ3) is 3.54. The summed E-state index contributed by atoms with van der Waals surface area (Å²) in [6.45, 7) is 7.39. The molecule has 3 heterocycles. The van der Waals surface area contributed by atoms with Crippen molar-refractivity contribution < 1.29 is 9.47 Å². The van der Waals surface area contributed by atoms with Crippen molar-refractivity contribution in [2.24, 2.45) is 0 Å². The molecular formula is C20H26ClN3O2. The van der Waals surface area contributed by atoms with Crippen molar-refractivity contribution >= 4 is 11.6 Å². The van der Waals surface area contributed by atoms with Crippen LogP contribution in [0.1, 0.15) is 36.2 Å². The lowest BCUT2D eigenvalue weighted by Gasteiger charge is -2.37. The Morgan fingerprint density at radius 3 is 2.81 bits per heavy atom.